The molecule has 0 bridgehead atoms. The Morgan fingerprint density at radius 2 is 1.89 bits per heavy atom. The monoisotopic (exact) mass is 280 g/mol. The molecule has 1 heterocycles. The first-order valence-electron chi connectivity index (χ1n) is 6.95. The summed E-state index contributed by atoms with van der Waals surface area (Å²) in [5.74, 6) is 0.486. The van der Waals surface area contributed by atoms with Crippen molar-refractivity contribution in [2.75, 3.05) is 26.2 Å². The van der Waals surface area contributed by atoms with E-state index in [1.54, 1.807) is 0 Å². The van der Waals surface area contributed by atoms with Crippen molar-refractivity contribution in [2.24, 2.45) is 0 Å². The molecule has 0 atom stereocenters. The van der Waals surface area contributed by atoms with Crippen molar-refractivity contribution in [1.82, 2.24) is 10.2 Å². The quantitative estimate of drug-likeness (QED) is 0.642. The van der Waals surface area contributed by atoms with Crippen molar-refractivity contribution < 1.29 is 4.79 Å². The number of likely N-dealkylation sites (tertiary alicyclic amines) is 1. The molecule has 1 aromatic carbocycles. The van der Waals surface area contributed by atoms with Gasteiger partial charge in [-0.2, -0.15) is 0 Å². The van der Waals surface area contributed by atoms with Crippen LogP contribution in [-0.2, 0) is 5.88 Å². The average molecular weight is 281 g/mol. The number of amides is 1. The molecular weight excluding hydrogens is 260 g/mol. The molecule has 1 N–H and O–H groups in total. The Hall–Kier alpha value is -1.06. The summed E-state index contributed by atoms with van der Waals surface area (Å²) in [4.78, 5) is 14.3. The summed E-state index contributed by atoms with van der Waals surface area (Å²) in [6, 6.07) is 7.44. The number of halogens is 1. The highest BCUT2D eigenvalue weighted by Gasteiger charge is 2.10. The molecule has 1 aliphatic heterocycles. The number of hydrogen-bond donors (Lipinski definition) is 1. The molecule has 1 aromatic rings. The van der Waals surface area contributed by atoms with Crippen LogP contribution in [0.3, 0.4) is 0 Å². The minimum absolute atomic E-state index is 0.00236. The largest absolute Gasteiger partial charge is 0.352 e. The zero-order valence-corrected chi connectivity index (χ0v) is 12.0. The molecule has 0 unspecified atom stereocenters. The van der Waals surface area contributed by atoms with Gasteiger partial charge in [-0.3, -0.25) is 4.79 Å². The molecule has 3 nitrogen and oxygen atoms in total. The lowest BCUT2D eigenvalue weighted by Gasteiger charge is -2.14. The first-order valence-corrected chi connectivity index (χ1v) is 7.48. The molecule has 0 radical (unpaired) electrons. The molecule has 2 rings (SSSR count). The van der Waals surface area contributed by atoms with Gasteiger partial charge in [0, 0.05) is 18.0 Å². The van der Waals surface area contributed by atoms with E-state index >= 15 is 0 Å². The van der Waals surface area contributed by atoms with Crippen molar-refractivity contribution in [1.29, 1.82) is 0 Å². The van der Waals surface area contributed by atoms with E-state index in [9.17, 15) is 4.79 Å². The average Bonchev–Trinajstić information content (AvgIpc) is 2.96. The van der Waals surface area contributed by atoms with E-state index in [2.05, 4.69) is 10.2 Å². The topological polar surface area (TPSA) is 32.3 Å². The van der Waals surface area contributed by atoms with Gasteiger partial charge in [-0.05, 0) is 56.6 Å². The summed E-state index contributed by atoms with van der Waals surface area (Å²) in [5, 5.41) is 2.96. The predicted molar refractivity (Wildman–Crippen MR) is 78.6 cm³/mol. The number of benzene rings is 1. The van der Waals surface area contributed by atoms with Crippen LogP contribution in [0.1, 0.15) is 35.2 Å². The highest BCUT2D eigenvalue weighted by atomic mass is 35.5. The van der Waals surface area contributed by atoms with Crippen molar-refractivity contribution in [3.63, 3.8) is 0 Å². The maximum absolute atomic E-state index is 11.9. The minimum Gasteiger partial charge on any atom is -0.352 e. The van der Waals surface area contributed by atoms with Gasteiger partial charge in [-0.15, -0.1) is 11.6 Å². The standard InChI is InChI=1S/C15H21ClN2O/c16-12-13-4-6-14(7-5-13)15(19)17-8-3-11-18-9-1-2-10-18/h4-7H,1-3,8-12H2,(H,17,19). The van der Waals surface area contributed by atoms with Crippen LogP contribution in [0.2, 0.25) is 0 Å². The minimum atomic E-state index is 0.00236. The Morgan fingerprint density at radius 3 is 2.53 bits per heavy atom. The smallest absolute Gasteiger partial charge is 0.251 e. The first kappa shape index (κ1) is 14.4. The van der Waals surface area contributed by atoms with Crippen LogP contribution in [0.25, 0.3) is 0 Å². The maximum Gasteiger partial charge on any atom is 0.251 e. The molecule has 0 aromatic heterocycles. The Labute approximate surface area is 119 Å². The molecule has 0 saturated carbocycles. The molecular formula is C15H21ClN2O. The van der Waals surface area contributed by atoms with E-state index in [-0.39, 0.29) is 5.91 Å². The summed E-state index contributed by atoms with van der Waals surface area (Å²) in [5.41, 5.74) is 1.74. The first-order chi connectivity index (χ1) is 9.29. The number of alkyl halides is 1. The summed E-state index contributed by atoms with van der Waals surface area (Å²) >= 11 is 5.72. The van der Waals surface area contributed by atoms with Crippen LogP contribution in [0.4, 0.5) is 0 Å². The van der Waals surface area contributed by atoms with E-state index in [1.165, 1.54) is 25.9 Å². The van der Waals surface area contributed by atoms with Gasteiger partial charge >= 0.3 is 0 Å². The second-order valence-corrected chi connectivity index (χ2v) is 5.26. The summed E-state index contributed by atoms with van der Waals surface area (Å²) in [7, 11) is 0. The molecule has 19 heavy (non-hydrogen) atoms. The van der Waals surface area contributed by atoms with E-state index < -0.39 is 0 Å². The lowest BCUT2D eigenvalue weighted by atomic mass is 10.1. The zero-order chi connectivity index (χ0) is 13.5. The van der Waals surface area contributed by atoms with Gasteiger partial charge in [-0.25, -0.2) is 0 Å². The Kier molecular flexibility index (Phi) is 5.67. The van der Waals surface area contributed by atoms with Crippen LogP contribution in [0.15, 0.2) is 24.3 Å². The number of rotatable bonds is 6. The number of nitrogens with one attached hydrogen (secondary N) is 1. The van der Waals surface area contributed by atoms with Crippen LogP contribution < -0.4 is 5.32 Å². The third-order valence-corrected chi connectivity index (χ3v) is 3.81. The molecule has 1 saturated heterocycles. The van der Waals surface area contributed by atoms with Gasteiger partial charge in [-0.1, -0.05) is 12.1 Å². The highest BCUT2D eigenvalue weighted by molar-refractivity contribution is 6.17. The van der Waals surface area contributed by atoms with E-state index in [4.69, 9.17) is 11.6 Å². The van der Waals surface area contributed by atoms with Gasteiger partial charge in [0.2, 0.25) is 0 Å². The van der Waals surface area contributed by atoms with Crippen LogP contribution in [-0.4, -0.2) is 37.0 Å². The summed E-state index contributed by atoms with van der Waals surface area (Å²) in [6.07, 6.45) is 3.66. The number of hydrogen-bond acceptors (Lipinski definition) is 2. The lowest BCUT2D eigenvalue weighted by Crippen LogP contribution is -2.28. The molecule has 1 fully saturated rings. The fraction of sp³-hybridized carbons (Fsp3) is 0.533. The van der Waals surface area contributed by atoms with Gasteiger partial charge in [0.1, 0.15) is 0 Å². The zero-order valence-electron chi connectivity index (χ0n) is 11.2. The van der Waals surface area contributed by atoms with Crippen molar-refractivity contribution >= 4 is 17.5 Å². The Bertz CT molecular complexity index is 399. The van der Waals surface area contributed by atoms with Crippen LogP contribution >= 0.6 is 11.6 Å². The number of carbonyl (C=O) groups is 1. The van der Waals surface area contributed by atoms with Crippen molar-refractivity contribution in [2.45, 2.75) is 25.1 Å². The Balaban J connectivity index is 1.68. The van der Waals surface area contributed by atoms with Gasteiger partial charge in [0.15, 0.2) is 0 Å². The highest BCUT2D eigenvalue weighted by Crippen LogP contribution is 2.08. The van der Waals surface area contributed by atoms with Crippen molar-refractivity contribution in [3.05, 3.63) is 35.4 Å². The molecule has 0 aliphatic carbocycles. The molecule has 1 aliphatic rings. The van der Waals surface area contributed by atoms with Gasteiger partial charge in [0.25, 0.3) is 5.91 Å². The normalized spacial score (nSPS) is 15.6. The lowest BCUT2D eigenvalue weighted by molar-refractivity contribution is 0.0952. The SMILES string of the molecule is O=C(NCCCN1CCCC1)c1ccc(CCl)cc1. The Morgan fingerprint density at radius 1 is 1.21 bits per heavy atom. The summed E-state index contributed by atoms with van der Waals surface area (Å²) in [6.45, 7) is 4.26. The summed E-state index contributed by atoms with van der Waals surface area (Å²) < 4.78 is 0. The molecule has 0 spiro atoms. The van der Waals surface area contributed by atoms with E-state index in [1.807, 2.05) is 24.3 Å². The molecule has 1 amide bonds. The van der Waals surface area contributed by atoms with E-state index in [0.717, 1.165) is 25.1 Å². The molecule has 104 valence electrons. The fourth-order valence-electron chi connectivity index (χ4n) is 2.36. The third kappa shape index (κ3) is 4.51. The second kappa shape index (κ2) is 7.51. The van der Waals surface area contributed by atoms with Gasteiger partial charge in [0.05, 0.1) is 0 Å². The fourth-order valence-corrected chi connectivity index (χ4v) is 2.54. The predicted octanol–water partition coefficient (Wildman–Crippen LogP) is 2.64. The van der Waals surface area contributed by atoms with Crippen molar-refractivity contribution in [3.8, 4) is 0 Å². The van der Waals surface area contributed by atoms with Crippen LogP contribution in [0.5, 0.6) is 0 Å². The second-order valence-electron chi connectivity index (χ2n) is 4.99. The van der Waals surface area contributed by atoms with Crippen LogP contribution in [0, 0.1) is 0 Å². The van der Waals surface area contributed by atoms with Gasteiger partial charge < -0.3 is 10.2 Å². The maximum atomic E-state index is 11.9. The third-order valence-electron chi connectivity index (χ3n) is 3.51. The number of nitrogens with zero attached hydrogens (tertiary/aromatic N) is 1. The number of carbonyl (C=O) groups excluding carboxylic acids is 1. The molecule has 4 heteroatoms. The van der Waals surface area contributed by atoms with E-state index in [0.29, 0.717) is 11.4 Å².